The molecule has 1 aliphatic heterocycles. The molecule has 1 N–H and O–H groups in total. The molecular formula is C14H19FN2O2. The average Bonchev–Trinajstić information content (AvgIpc) is 2.41. The summed E-state index contributed by atoms with van der Waals surface area (Å²) < 4.78 is 18.1. The molecule has 2 rings (SSSR count). The van der Waals surface area contributed by atoms with E-state index in [1.54, 1.807) is 12.1 Å². The summed E-state index contributed by atoms with van der Waals surface area (Å²) in [7, 11) is 0. The zero-order valence-corrected chi connectivity index (χ0v) is 11.1. The van der Waals surface area contributed by atoms with Crippen molar-refractivity contribution < 1.29 is 13.9 Å². The fourth-order valence-corrected chi connectivity index (χ4v) is 2.10. The molecule has 1 heterocycles. The summed E-state index contributed by atoms with van der Waals surface area (Å²) in [4.78, 5) is 13.8. The van der Waals surface area contributed by atoms with Crippen molar-refractivity contribution in [1.29, 1.82) is 0 Å². The Bertz CT molecular complexity index is 422. The topological polar surface area (TPSA) is 41.6 Å². The maximum absolute atomic E-state index is 12.7. The minimum Gasteiger partial charge on any atom is -0.493 e. The van der Waals surface area contributed by atoms with Crippen molar-refractivity contribution in [3.8, 4) is 5.75 Å². The molecular weight excluding hydrogens is 247 g/mol. The summed E-state index contributed by atoms with van der Waals surface area (Å²) in [6.45, 7) is 4.72. The molecule has 1 aliphatic rings. The summed E-state index contributed by atoms with van der Waals surface area (Å²) in [5.74, 6) is 0.400. The number of nitrogens with one attached hydrogen (secondary N) is 1. The van der Waals surface area contributed by atoms with Crippen molar-refractivity contribution >= 4 is 5.91 Å². The van der Waals surface area contributed by atoms with Crippen LogP contribution in [-0.2, 0) is 4.79 Å². The van der Waals surface area contributed by atoms with Gasteiger partial charge in [-0.1, -0.05) is 0 Å². The van der Waals surface area contributed by atoms with Crippen LogP contribution in [0.5, 0.6) is 5.75 Å². The third-order valence-corrected chi connectivity index (χ3v) is 3.12. The minimum absolute atomic E-state index is 0.107. The second kappa shape index (κ2) is 6.52. The highest BCUT2D eigenvalue weighted by Crippen LogP contribution is 2.11. The Morgan fingerprint density at radius 1 is 1.47 bits per heavy atom. The van der Waals surface area contributed by atoms with Gasteiger partial charge in [0.15, 0.2) is 0 Å². The van der Waals surface area contributed by atoms with E-state index in [2.05, 4.69) is 12.2 Å². The van der Waals surface area contributed by atoms with Gasteiger partial charge < -0.3 is 15.0 Å². The van der Waals surface area contributed by atoms with E-state index in [1.807, 2.05) is 4.90 Å². The Labute approximate surface area is 112 Å². The lowest BCUT2D eigenvalue weighted by atomic mass is 10.2. The Morgan fingerprint density at radius 2 is 2.21 bits per heavy atom. The Kier molecular flexibility index (Phi) is 4.74. The van der Waals surface area contributed by atoms with Crippen LogP contribution in [0.15, 0.2) is 24.3 Å². The average molecular weight is 266 g/mol. The van der Waals surface area contributed by atoms with Crippen LogP contribution in [0.3, 0.4) is 0 Å². The SMILES string of the molecule is C[C@H]1CN(C(=O)CCOc2ccc(F)cc2)CCN1. The van der Waals surface area contributed by atoms with Crippen LogP contribution in [-0.4, -0.2) is 43.1 Å². The van der Waals surface area contributed by atoms with Gasteiger partial charge in [0.1, 0.15) is 11.6 Å². The fourth-order valence-electron chi connectivity index (χ4n) is 2.10. The quantitative estimate of drug-likeness (QED) is 0.896. The molecule has 0 bridgehead atoms. The largest absolute Gasteiger partial charge is 0.493 e. The van der Waals surface area contributed by atoms with E-state index in [0.29, 0.717) is 24.8 Å². The van der Waals surface area contributed by atoms with Gasteiger partial charge in [0.25, 0.3) is 0 Å². The van der Waals surface area contributed by atoms with E-state index in [1.165, 1.54) is 12.1 Å². The van der Waals surface area contributed by atoms with Gasteiger partial charge in [-0.2, -0.15) is 0 Å². The van der Waals surface area contributed by atoms with Crippen LogP contribution in [0.2, 0.25) is 0 Å². The normalized spacial score (nSPS) is 19.3. The number of piperazine rings is 1. The molecule has 1 saturated heterocycles. The maximum atomic E-state index is 12.7. The first-order valence-electron chi connectivity index (χ1n) is 6.54. The third-order valence-electron chi connectivity index (χ3n) is 3.12. The monoisotopic (exact) mass is 266 g/mol. The van der Waals surface area contributed by atoms with Gasteiger partial charge in [0, 0.05) is 25.7 Å². The number of nitrogens with zero attached hydrogens (tertiary/aromatic N) is 1. The molecule has 104 valence electrons. The summed E-state index contributed by atoms with van der Waals surface area (Å²) in [6, 6.07) is 6.15. The highest BCUT2D eigenvalue weighted by atomic mass is 19.1. The highest BCUT2D eigenvalue weighted by Gasteiger charge is 2.19. The molecule has 1 fully saturated rings. The summed E-state index contributed by atoms with van der Waals surface area (Å²) in [6.07, 6.45) is 0.351. The van der Waals surface area contributed by atoms with Gasteiger partial charge in [-0.15, -0.1) is 0 Å². The molecule has 1 aromatic rings. The molecule has 19 heavy (non-hydrogen) atoms. The van der Waals surface area contributed by atoms with E-state index in [9.17, 15) is 9.18 Å². The Hall–Kier alpha value is -1.62. The van der Waals surface area contributed by atoms with Gasteiger partial charge in [-0.05, 0) is 31.2 Å². The Morgan fingerprint density at radius 3 is 2.89 bits per heavy atom. The molecule has 0 spiro atoms. The van der Waals surface area contributed by atoms with Crippen LogP contribution in [0.1, 0.15) is 13.3 Å². The van der Waals surface area contributed by atoms with Crippen LogP contribution in [0, 0.1) is 5.82 Å². The molecule has 1 aromatic carbocycles. The van der Waals surface area contributed by atoms with Crippen molar-refractivity contribution in [1.82, 2.24) is 10.2 Å². The number of benzene rings is 1. The van der Waals surface area contributed by atoms with E-state index in [-0.39, 0.29) is 11.7 Å². The molecule has 5 heteroatoms. The molecule has 4 nitrogen and oxygen atoms in total. The number of hydrogen-bond acceptors (Lipinski definition) is 3. The van der Waals surface area contributed by atoms with Gasteiger partial charge >= 0.3 is 0 Å². The first kappa shape index (κ1) is 13.8. The molecule has 0 aromatic heterocycles. The highest BCUT2D eigenvalue weighted by molar-refractivity contribution is 5.76. The second-order valence-electron chi connectivity index (χ2n) is 4.75. The Balaban J connectivity index is 1.73. The molecule has 0 aliphatic carbocycles. The predicted molar refractivity (Wildman–Crippen MR) is 70.6 cm³/mol. The standard InChI is InChI=1S/C14H19FN2O2/c1-11-10-17(8-7-16-11)14(18)6-9-19-13-4-2-12(15)3-5-13/h2-5,11,16H,6-10H2,1H3/t11-/m0/s1. The maximum Gasteiger partial charge on any atom is 0.226 e. The van der Waals surface area contributed by atoms with Crippen LogP contribution in [0.4, 0.5) is 4.39 Å². The predicted octanol–water partition coefficient (Wildman–Crippen LogP) is 1.41. The number of carbonyl (C=O) groups excluding carboxylic acids is 1. The lowest BCUT2D eigenvalue weighted by molar-refractivity contribution is -0.132. The van der Waals surface area contributed by atoms with Crippen molar-refractivity contribution in [2.45, 2.75) is 19.4 Å². The number of halogens is 1. The zero-order chi connectivity index (χ0) is 13.7. The van der Waals surface area contributed by atoms with Gasteiger partial charge in [-0.3, -0.25) is 4.79 Å². The molecule has 1 atom stereocenters. The summed E-state index contributed by atoms with van der Waals surface area (Å²) >= 11 is 0. The first-order valence-corrected chi connectivity index (χ1v) is 6.54. The number of amides is 1. The van der Waals surface area contributed by atoms with E-state index in [0.717, 1.165) is 19.6 Å². The van der Waals surface area contributed by atoms with Gasteiger partial charge in [-0.25, -0.2) is 4.39 Å². The first-order chi connectivity index (χ1) is 9.15. The van der Waals surface area contributed by atoms with Crippen LogP contribution >= 0.6 is 0 Å². The van der Waals surface area contributed by atoms with Gasteiger partial charge in [0.05, 0.1) is 13.0 Å². The zero-order valence-electron chi connectivity index (χ0n) is 11.1. The number of ether oxygens (including phenoxy) is 1. The lowest BCUT2D eigenvalue weighted by Gasteiger charge is -2.31. The molecule has 0 saturated carbocycles. The summed E-state index contributed by atoms with van der Waals surface area (Å²) in [5, 5.41) is 3.29. The van der Waals surface area contributed by atoms with Crippen molar-refractivity contribution in [3.63, 3.8) is 0 Å². The van der Waals surface area contributed by atoms with E-state index < -0.39 is 0 Å². The van der Waals surface area contributed by atoms with Gasteiger partial charge in [0.2, 0.25) is 5.91 Å². The molecule has 1 amide bonds. The second-order valence-corrected chi connectivity index (χ2v) is 4.75. The molecule has 0 radical (unpaired) electrons. The van der Waals surface area contributed by atoms with Crippen molar-refractivity contribution in [3.05, 3.63) is 30.1 Å². The number of carbonyl (C=O) groups is 1. The van der Waals surface area contributed by atoms with Crippen LogP contribution in [0.25, 0.3) is 0 Å². The van der Waals surface area contributed by atoms with E-state index in [4.69, 9.17) is 4.74 Å². The third kappa shape index (κ3) is 4.21. The summed E-state index contributed by atoms with van der Waals surface area (Å²) in [5.41, 5.74) is 0. The van der Waals surface area contributed by atoms with Crippen LogP contribution < -0.4 is 10.1 Å². The fraction of sp³-hybridized carbons (Fsp3) is 0.500. The van der Waals surface area contributed by atoms with Crippen molar-refractivity contribution in [2.75, 3.05) is 26.2 Å². The number of hydrogen-bond donors (Lipinski definition) is 1. The smallest absolute Gasteiger partial charge is 0.226 e. The van der Waals surface area contributed by atoms with E-state index >= 15 is 0 Å². The lowest BCUT2D eigenvalue weighted by Crippen LogP contribution is -2.51. The van der Waals surface area contributed by atoms with Crippen molar-refractivity contribution in [2.24, 2.45) is 0 Å². The number of rotatable bonds is 4. The molecule has 0 unspecified atom stereocenters. The minimum atomic E-state index is -0.293.